The van der Waals surface area contributed by atoms with Gasteiger partial charge in [0.1, 0.15) is 0 Å². The van der Waals surface area contributed by atoms with Crippen molar-refractivity contribution in [2.75, 3.05) is 19.6 Å². The van der Waals surface area contributed by atoms with E-state index in [2.05, 4.69) is 24.1 Å². The fourth-order valence-electron chi connectivity index (χ4n) is 3.77. The van der Waals surface area contributed by atoms with Gasteiger partial charge >= 0.3 is 0 Å². The Morgan fingerprint density at radius 1 is 1.21 bits per heavy atom. The SMILES string of the molecule is CC(C)CC1CNC2(CCCCC2)CN1CC(F)F. The number of halogens is 2. The van der Waals surface area contributed by atoms with Crippen molar-refractivity contribution in [3.05, 3.63) is 0 Å². The molecule has 1 atom stereocenters. The number of hydrogen-bond donors (Lipinski definition) is 1. The van der Waals surface area contributed by atoms with E-state index in [-0.39, 0.29) is 18.1 Å². The number of hydrogen-bond acceptors (Lipinski definition) is 2. The molecule has 1 spiro atoms. The summed E-state index contributed by atoms with van der Waals surface area (Å²) < 4.78 is 25.6. The molecule has 0 amide bonds. The summed E-state index contributed by atoms with van der Waals surface area (Å²) >= 11 is 0. The average Bonchev–Trinajstić information content (AvgIpc) is 2.33. The van der Waals surface area contributed by atoms with Crippen molar-refractivity contribution in [2.45, 2.75) is 70.4 Å². The summed E-state index contributed by atoms with van der Waals surface area (Å²) in [6, 6.07) is 0.279. The molecule has 4 heteroatoms. The van der Waals surface area contributed by atoms with Crippen LogP contribution in [0.15, 0.2) is 0 Å². The van der Waals surface area contributed by atoms with Crippen LogP contribution >= 0.6 is 0 Å². The highest BCUT2D eigenvalue weighted by atomic mass is 19.3. The largest absolute Gasteiger partial charge is 0.308 e. The fraction of sp³-hybridized carbons (Fsp3) is 1.00. The van der Waals surface area contributed by atoms with Crippen molar-refractivity contribution in [3.63, 3.8) is 0 Å². The van der Waals surface area contributed by atoms with E-state index in [9.17, 15) is 8.78 Å². The van der Waals surface area contributed by atoms with Gasteiger partial charge in [0.05, 0.1) is 6.54 Å². The Morgan fingerprint density at radius 3 is 2.47 bits per heavy atom. The van der Waals surface area contributed by atoms with Gasteiger partial charge in [-0.2, -0.15) is 0 Å². The van der Waals surface area contributed by atoms with E-state index in [1.165, 1.54) is 19.3 Å². The molecule has 1 heterocycles. The van der Waals surface area contributed by atoms with Gasteiger partial charge in [-0.1, -0.05) is 33.1 Å². The number of nitrogens with one attached hydrogen (secondary N) is 1. The molecule has 1 saturated carbocycles. The van der Waals surface area contributed by atoms with Gasteiger partial charge < -0.3 is 5.32 Å². The zero-order valence-corrected chi connectivity index (χ0v) is 12.3. The van der Waals surface area contributed by atoms with E-state index in [1.54, 1.807) is 0 Å². The molecule has 2 rings (SSSR count). The topological polar surface area (TPSA) is 15.3 Å². The Bertz CT molecular complexity index is 275. The average molecular weight is 274 g/mol. The van der Waals surface area contributed by atoms with E-state index in [4.69, 9.17) is 0 Å². The molecule has 19 heavy (non-hydrogen) atoms. The van der Waals surface area contributed by atoms with E-state index < -0.39 is 6.43 Å². The Hall–Kier alpha value is -0.220. The van der Waals surface area contributed by atoms with Crippen LogP contribution in [-0.2, 0) is 0 Å². The molecule has 112 valence electrons. The van der Waals surface area contributed by atoms with Gasteiger partial charge in [0, 0.05) is 24.7 Å². The fourth-order valence-corrected chi connectivity index (χ4v) is 3.77. The van der Waals surface area contributed by atoms with Gasteiger partial charge in [-0.05, 0) is 25.2 Å². The zero-order valence-electron chi connectivity index (χ0n) is 12.3. The molecule has 1 saturated heterocycles. The molecule has 1 N–H and O–H groups in total. The van der Waals surface area contributed by atoms with Crippen LogP contribution in [0.1, 0.15) is 52.4 Å². The summed E-state index contributed by atoms with van der Waals surface area (Å²) in [7, 11) is 0. The molecule has 0 aromatic heterocycles. The van der Waals surface area contributed by atoms with E-state index in [0.717, 1.165) is 32.4 Å². The maximum atomic E-state index is 12.8. The first-order chi connectivity index (χ1) is 9.01. The lowest BCUT2D eigenvalue weighted by molar-refractivity contribution is 0.00319. The molecule has 1 aliphatic carbocycles. The van der Waals surface area contributed by atoms with Crippen molar-refractivity contribution < 1.29 is 8.78 Å². The maximum absolute atomic E-state index is 12.8. The lowest BCUT2D eigenvalue weighted by Crippen LogP contribution is -2.65. The van der Waals surface area contributed by atoms with Gasteiger partial charge in [-0.15, -0.1) is 0 Å². The molecule has 2 nitrogen and oxygen atoms in total. The van der Waals surface area contributed by atoms with Crippen LogP contribution in [0, 0.1) is 5.92 Å². The molecule has 2 aliphatic rings. The van der Waals surface area contributed by atoms with Gasteiger partial charge in [0.2, 0.25) is 0 Å². The molecule has 1 aliphatic heterocycles. The minimum absolute atomic E-state index is 0.0547. The van der Waals surface area contributed by atoms with E-state index in [1.807, 2.05) is 0 Å². The first-order valence-electron chi connectivity index (χ1n) is 7.78. The van der Waals surface area contributed by atoms with Crippen LogP contribution < -0.4 is 5.32 Å². The summed E-state index contributed by atoms with van der Waals surface area (Å²) in [5.41, 5.74) is 0.126. The van der Waals surface area contributed by atoms with Crippen molar-refractivity contribution in [3.8, 4) is 0 Å². The second kappa shape index (κ2) is 6.49. The van der Waals surface area contributed by atoms with Gasteiger partial charge in [0.15, 0.2) is 0 Å². The van der Waals surface area contributed by atoms with Crippen LogP contribution in [0.25, 0.3) is 0 Å². The molecule has 0 radical (unpaired) electrons. The van der Waals surface area contributed by atoms with Crippen LogP contribution in [0.3, 0.4) is 0 Å². The van der Waals surface area contributed by atoms with Crippen molar-refractivity contribution in [1.29, 1.82) is 0 Å². The summed E-state index contributed by atoms with van der Waals surface area (Å²) in [5, 5.41) is 3.71. The monoisotopic (exact) mass is 274 g/mol. The molecule has 0 aromatic carbocycles. The highest BCUT2D eigenvalue weighted by Crippen LogP contribution is 2.33. The number of alkyl halides is 2. The maximum Gasteiger partial charge on any atom is 0.251 e. The van der Waals surface area contributed by atoms with Crippen LogP contribution in [0.5, 0.6) is 0 Å². The second-order valence-electron chi connectivity index (χ2n) is 6.83. The predicted octanol–water partition coefficient (Wildman–Crippen LogP) is 3.27. The third kappa shape index (κ3) is 4.12. The van der Waals surface area contributed by atoms with Crippen molar-refractivity contribution in [1.82, 2.24) is 10.2 Å². The van der Waals surface area contributed by atoms with Crippen molar-refractivity contribution in [2.24, 2.45) is 5.92 Å². The quantitative estimate of drug-likeness (QED) is 0.846. The third-order valence-corrected chi connectivity index (χ3v) is 4.66. The number of rotatable bonds is 4. The van der Waals surface area contributed by atoms with E-state index in [0.29, 0.717) is 5.92 Å². The zero-order chi connectivity index (χ0) is 13.9. The Kier molecular flexibility index (Phi) is 5.18. The molecular weight excluding hydrogens is 246 g/mol. The molecule has 1 unspecified atom stereocenters. The Balaban J connectivity index is 2.00. The number of piperazine rings is 1. The smallest absolute Gasteiger partial charge is 0.251 e. The van der Waals surface area contributed by atoms with Crippen LogP contribution in [0.4, 0.5) is 8.78 Å². The number of nitrogens with zero attached hydrogens (tertiary/aromatic N) is 1. The normalized spacial score (nSPS) is 28.4. The molecule has 2 fully saturated rings. The summed E-state index contributed by atoms with van der Waals surface area (Å²) in [6.45, 7) is 5.98. The first-order valence-corrected chi connectivity index (χ1v) is 7.78. The van der Waals surface area contributed by atoms with Gasteiger partial charge in [-0.25, -0.2) is 8.78 Å². The summed E-state index contributed by atoms with van der Waals surface area (Å²) in [6.07, 6.45) is 4.88. The summed E-state index contributed by atoms with van der Waals surface area (Å²) in [5.74, 6) is 0.562. The predicted molar refractivity (Wildman–Crippen MR) is 74.6 cm³/mol. The molecule has 0 aromatic rings. The summed E-state index contributed by atoms with van der Waals surface area (Å²) in [4.78, 5) is 2.06. The minimum Gasteiger partial charge on any atom is -0.308 e. The minimum atomic E-state index is -2.21. The highest BCUT2D eigenvalue weighted by molar-refractivity contribution is 4.99. The van der Waals surface area contributed by atoms with Gasteiger partial charge in [0.25, 0.3) is 6.43 Å². The van der Waals surface area contributed by atoms with Crippen LogP contribution in [0.2, 0.25) is 0 Å². The lowest BCUT2D eigenvalue weighted by Gasteiger charge is -2.50. The lowest BCUT2D eigenvalue weighted by atomic mass is 9.79. The Labute approximate surface area is 115 Å². The van der Waals surface area contributed by atoms with Gasteiger partial charge in [-0.3, -0.25) is 4.90 Å². The first kappa shape index (κ1) is 15.2. The molecule has 0 bridgehead atoms. The third-order valence-electron chi connectivity index (χ3n) is 4.66. The highest BCUT2D eigenvalue weighted by Gasteiger charge is 2.40. The van der Waals surface area contributed by atoms with E-state index >= 15 is 0 Å². The molecular formula is C15H28F2N2. The standard InChI is InChI=1S/C15H28F2N2/c1-12(2)8-13-9-18-15(6-4-3-5-7-15)11-19(13)10-14(16)17/h12-14,18H,3-11H2,1-2H3. The van der Waals surface area contributed by atoms with Crippen LogP contribution in [-0.4, -0.2) is 42.5 Å². The Morgan fingerprint density at radius 2 is 1.89 bits per heavy atom. The second-order valence-corrected chi connectivity index (χ2v) is 6.83. The van der Waals surface area contributed by atoms with Crippen molar-refractivity contribution >= 4 is 0 Å².